The van der Waals surface area contributed by atoms with Crippen LogP contribution in [0, 0.1) is 5.92 Å². The largest absolute Gasteiger partial charge is 0.479 e. The van der Waals surface area contributed by atoms with Gasteiger partial charge in [-0.1, -0.05) is 36.8 Å². The lowest BCUT2D eigenvalue weighted by atomic mass is 10.1. The number of carbonyl (C=O) groups excluding carboxylic acids is 3. The molecule has 0 bridgehead atoms. The van der Waals surface area contributed by atoms with E-state index < -0.39 is 47.3 Å². The number of rotatable bonds is 5. The number of hydrogen-bond donors (Lipinski definition) is 3. The predicted molar refractivity (Wildman–Crippen MR) is 178 cm³/mol. The van der Waals surface area contributed by atoms with E-state index in [0.29, 0.717) is 23.1 Å². The van der Waals surface area contributed by atoms with Gasteiger partial charge in [0.05, 0.1) is 22.5 Å². The van der Waals surface area contributed by atoms with Gasteiger partial charge >= 0.3 is 18.1 Å². The number of benzene rings is 1. The molecule has 1 saturated carbocycles. The number of hydrogen-bond acceptors (Lipinski definition) is 9. The Hall–Kier alpha value is -4.72. The summed E-state index contributed by atoms with van der Waals surface area (Å²) < 4.78 is 11.9. The van der Waals surface area contributed by atoms with E-state index >= 15 is 0 Å². The molecule has 3 N–H and O–H groups in total. The quantitative estimate of drug-likeness (QED) is 0.311. The fraction of sp³-hybridized carbons (Fsp3) is 0.471. The first kappa shape index (κ1) is 33.2. The number of carbonyl (C=O) groups is 4. The van der Waals surface area contributed by atoms with E-state index in [2.05, 4.69) is 10.7 Å². The molecule has 2 aliphatic heterocycles. The minimum Gasteiger partial charge on any atom is -0.479 e. The zero-order chi connectivity index (χ0) is 34.1. The van der Waals surface area contributed by atoms with Crippen LogP contribution < -0.4 is 15.5 Å². The zero-order valence-electron chi connectivity index (χ0n) is 27.2. The molecule has 4 atom stereocenters. The zero-order valence-corrected chi connectivity index (χ0v) is 28.0. The van der Waals surface area contributed by atoms with Crippen molar-refractivity contribution in [3.63, 3.8) is 0 Å². The smallest absolute Gasteiger partial charge is 0.426 e. The normalized spacial score (nSPS) is 25.6. The van der Waals surface area contributed by atoms with Crippen molar-refractivity contribution >= 4 is 46.4 Å². The number of nitrogens with zero attached hydrogens (tertiary/aromatic N) is 4. The second-order valence-corrected chi connectivity index (χ2v) is 14.3. The minimum absolute atomic E-state index is 0.0226. The van der Waals surface area contributed by atoms with Gasteiger partial charge in [-0.3, -0.25) is 4.79 Å². The highest BCUT2D eigenvalue weighted by Gasteiger charge is 2.61. The number of aliphatic carboxylic acids is 1. The van der Waals surface area contributed by atoms with Crippen molar-refractivity contribution in [3.05, 3.63) is 53.9 Å². The van der Waals surface area contributed by atoms with Crippen molar-refractivity contribution < 1.29 is 33.8 Å². The lowest BCUT2D eigenvalue weighted by Gasteiger charge is -2.32. The van der Waals surface area contributed by atoms with Crippen molar-refractivity contribution in [2.75, 3.05) is 13.1 Å². The lowest BCUT2D eigenvalue weighted by Crippen LogP contribution is -2.58. The highest BCUT2D eigenvalue weighted by Crippen LogP contribution is 2.45. The van der Waals surface area contributed by atoms with Crippen LogP contribution >= 0.6 is 11.3 Å². The molecule has 1 aliphatic carbocycles. The number of para-hydroxylation sites is 2. The van der Waals surface area contributed by atoms with Gasteiger partial charge in [0.25, 0.3) is 0 Å². The van der Waals surface area contributed by atoms with E-state index in [1.165, 1.54) is 21.2 Å². The van der Waals surface area contributed by atoms with Crippen LogP contribution in [0.25, 0.3) is 21.6 Å². The molecule has 48 heavy (non-hydrogen) atoms. The fourth-order valence-corrected chi connectivity index (χ4v) is 6.85. The van der Waals surface area contributed by atoms with Crippen LogP contribution in [0.1, 0.15) is 59.3 Å². The molecular formula is C34H40N6O7S. The molecule has 2 fully saturated rings. The van der Waals surface area contributed by atoms with Gasteiger partial charge in [-0.25, -0.2) is 34.8 Å². The van der Waals surface area contributed by atoms with Gasteiger partial charge in [0.15, 0.2) is 0 Å². The van der Waals surface area contributed by atoms with Crippen LogP contribution in [-0.2, 0) is 14.3 Å². The van der Waals surface area contributed by atoms with E-state index in [4.69, 9.17) is 19.4 Å². The van der Waals surface area contributed by atoms with Crippen LogP contribution in [0.4, 0.5) is 9.59 Å². The standard InChI is InChI=1S/C34H40N6O7S/c1-33(2,3)47-31(44)38-40-16-10-6-4-5-7-12-21-19-34(21,30(42)43)37-28(41)25-18-22(20-39(25)32(40)45)46-29-27(26-15-11-17-48-26)35-23-13-8-9-14-24(23)36-29/h7-9,11-15,17,21-22,25H,4-6,10,16,18-20H2,1-3H3,(H,37,41)(H,38,44)(H,42,43)/b12-7-/t21-,22-,25+,34+/m1/s1. The maximum atomic E-state index is 14.2. The highest BCUT2D eigenvalue weighted by molar-refractivity contribution is 7.13. The van der Waals surface area contributed by atoms with E-state index in [1.54, 1.807) is 20.8 Å². The summed E-state index contributed by atoms with van der Waals surface area (Å²) in [5, 5.41) is 16.0. The number of fused-ring (bicyclic) bond motifs is 3. The van der Waals surface area contributed by atoms with Gasteiger partial charge in [0, 0.05) is 18.9 Å². The second kappa shape index (κ2) is 13.4. The summed E-state index contributed by atoms with van der Waals surface area (Å²) in [6, 6.07) is 9.53. The Morgan fingerprint density at radius 1 is 1.08 bits per heavy atom. The van der Waals surface area contributed by atoms with Crippen LogP contribution in [0.5, 0.6) is 5.88 Å². The molecule has 3 aromatic rings. The summed E-state index contributed by atoms with van der Waals surface area (Å²) in [6.45, 7) is 5.32. The minimum atomic E-state index is -1.45. The Bertz CT molecular complexity index is 1720. The number of carboxylic acid groups (broad SMARTS) is 1. The third kappa shape index (κ3) is 7.23. The molecule has 0 unspecified atom stereocenters. The molecular weight excluding hydrogens is 636 g/mol. The first-order valence-corrected chi connectivity index (χ1v) is 17.1. The van der Waals surface area contributed by atoms with Crippen molar-refractivity contribution in [2.24, 2.45) is 5.92 Å². The number of allylic oxidation sites excluding steroid dienone is 1. The third-order valence-corrected chi connectivity index (χ3v) is 9.48. The number of amides is 4. The molecule has 1 saturated heterocycles. The average molecular weight is 677 g/mol. The molecule has 4 amide bonds. The van der Waals surface area contributed by atoms with Gasteiger partial charge in [-0.15, -0.1) is 11.3 Å². The Labute approximate surface area is 282 Å². The SMILES string of the molecule is CC(C)(C)OC(=O)NN1CCCCC/C=C\[C@@H]2C[C@]2(C(=O)O)NC(=O)[C@@H]2C[C@@H](Oc3nc4ccccc4nc3-c3cccs3)CN2C1=O. The first-order chi connectivity index (χ1) is 22.9. The average Bonchev–Trinajstić information content (AvgIpc) is 3.34. The molecule has 14 heteroatoms. The van der Waals surface area contributed by atoms with Crippen LogP contribution in [0.3, 0.4) is 0 Å². The number of aromatic nitrogens is 2. The van der Waals surface area contributed by atoms with E-state index in [1.807, 2.05) is 53.9 Å². The molecule has 4 heterocycles. The number of urea groups is 1. The van der Waals surface area contributed by atoms with Crippen LogP contribution in [-0.4, -0.2) is 85.4 Å². The summed E-state index contributed by atoms with van der Waals surface area (Å²) in [5.74, 6) is -1.83. The second-order valence-electron chi connectivity index (χ2n) is 13.4. The molecule has 13 nitrogen and oxygen atoms in total. The van der Waals surface area contributed by atoms with Crippen molar-refractivity contribution in [3.8, 4) is 16.5 Å². The Morgan fingerprint density at radius 2 is 1.85 bits per heavy atom. The summed E-state index contributed by atoms with van der Waals surface area (Å²) in [7, 11) is 0. The van der Waals surface area contributed by atoms with E-state index in [9.17, 15) is 24.3 Å². The highest BCUT2D eigenvalue weighted by atomic mass is 32.1. The predicted octanol–water partition coefficient (Wildman–Crippen LogP) is 5.13. The van der Waals surface area contributed by atoms with Crippen LogP contribution in [0.2, 0.25) is 0 Å². The topological polar surface area (TPSA) is 163 Å². The van der Waals surface area contributed by atoms with Crippen molar-refractivity contribution in [2.45, 2.75) is 82.6 Å². The summed E-state index contributed by atoms with van der Waals surface area (Å²) in [4.78, 5) is 65.2. The molecule has 0 radical (unpaired) electrons. The van der Waals surface area contributed by atoms with Gasteiger partial charge in [-0.05, 0) is 70.0 Å². The number of nitrogens with one attached hydrogen (secondary N) is 2. The monoisotopic (exact) mass is 676 g/mol. The van der Waals surface area contributed by atoms with E-state index in [-0.39, 0.29) is 37.7 Å². The molecule has 254 valence electrons. The summed E-state index contributed by atoms with van der Waals surface area (Å²) in [5.41, 5.74) is 2.18. The third-order valence-electron chi connectivity index (χ3n) is 8.60. The van der Waals surface area contributed by atoms with E-state index in [0.717, 1.165) is 24.1 Å². The van der Waals surface area contributed by atoms with Gasteiger partial charge in [0.1, 0.15) is 29.0 Å². The van der Waals surface area contributed by atoms with Gasteiger partial charge in [-0.2, -0.15) is 0 Å². The summed E-state index contributed by atoms with van der Waals surface area (Å²) in [6.07, 6.45) is 5.51. The van der Waals surface area contributed by atoms with Crippen molar-refractivity contribution in [1.82, 2.24) is 30.6 Å². The molecule has 0 spiro atoms. The fourth-order valence-electron chi connectivity index (χ4n) is 6.14. The van der Waals surface area contributed by atoms with Gasteiger partial charge < -0.3 is 24.8 Å². The number of carboxylic acids is 1. The van der Waals surface area contributed by atoms with Gasteiger partial charge in [0.2, 0.25) is 11.8 Å². The first-order valence-electron chi connectivity index (χ1n) is 16.2. The van der Waals surface area contributed by atoms with Crippen molar-refractivity contribution in [1.29, 1.82) is 0 Å². The lowest BCUT2D eigenvalue weighted by molar-refractivity contribution is -0.144. The Kier molecular flexibility index (Phi) is 9.28. The molecule has 1 aromatic carbocycles. The summed E-state index contributed by atoms with van der Waals surface area (Å²) >= 11 is 1.48. The Morgan fingerprint density at radius 3 is 2.56 bits per heavy atom. The molecule has 6 rings (SSSR count). The number of thiophene rings is 1. The number of hydrazine groups is 1. The maximum absolute atomic E-state index is 14.2. The maximum Gasteiger partial charge on any atom is 0.426 e. The van der Waals surface area contributed by atoms with Crippen LogP contribution in [0.15, 0.2) is 53.9 Å². The molecule has 2 aromatic heterocycles. The molecule has 3 aliphatic rings. The Balaban J connectivity index is 1.32. The number of ether oxygens (including phenoxy) is 2.